The lowest BCUT2D eigenvalue weighted by Crippen LogP contribution is -2.34. The van der Waals surface area contributed by atoms with Crippen LogP contribution in [0, 0.1) is 6.92 Å². The van der Waals surface area contributed by atoms with Gasteiger partial charge in [0.05, 0.1) is 24.8 Å². The van der Waals surface area contributed by atoms with Gasteiger partial charge in [-0.2, -0.15) is 4.57 Å². The van der Waals surface area contributed by atoms with Gasteiger partial charge in [0.25, 0.3) is 5.91 Å². The van der Waals surface area contributed by atoms with Gasteiger partial charge < -0.3 is 19.5 Å². The molecule has 41 heavy (non-hydrogen) atoms. The minimum Gasteiger partial charge on any atom is -0.493 e. The molecule has 224 valence electrons. The Bertz CT molecular complexity index is 1160. The van der Waals surface area contributed by atoms with E-state index < -0.39 is 0 Å². The van der Waals surface area contributed by atoms with E-state index in [1.165, 1.54) is 75.6 Å². The monoisotopic (exact) mass is 581 g/mol. The first-order valence-electron chi connectivity index (χ1n) is 15.4. The molecule has 0 aliphatic rings. The van der Waals surface area contributed by atoms with Gasteiger partial charge in [0, 0.05) is 18.6 Å². The minimum atomic E-state index is -0.212. The zero-order valence-electron chi connectivity index (χ0n) is 25.3. The average Bonchev–Trinajstić information content (AvgIpc) is 3.39. The summed E-state index contributed by atoms with van der Waals surface area (Å²) in [6.45, 7) is 5.63. The molecule has 0 saturated carbocycles. The summed E-state index contributed by atoms with van der Waals surface area (Å²) in [5.41, 5.74) is 1.84. The van der Waals surface area contributed by atoms with Gasteiger partial charge in [-0.3, -0.25) is 4.79 Å². The van der Waals surface area contributed by atoms with Crippen LogP contribution in [0.15, 0.2) is 54.0 Å². The highest BCUT2D eigenvalue weighted by Gasteiger charge is 2.14. The molecule has 1 amide bonds. The Balaban J connectivity index is 1.33. The van der Waals surface area contributed by atoms with Crippen LogP contribution in [0.2, 0.25) is 0 Å². The Morgan fingerprint density at radius 3 is 2.20 bits per heavy atom. The third-order valence-corrected chi connectivity index (χ3v) is 8.11. The molecule has 0 aliphatic carbocycles. The topological polar surface area (TPSA) is 60.7 Å². The standard InChI is InChI=1S/C34H48N2O4S/c1-4-5-6-7-8-9-10-11-12-13-14-17-23-39-32-21-20-30(25-33(32)38-3)40-27-34(37)35-31-19-16-15-18-29(31)26-36-22-24-41-28(36)2/h15-16,18-22,24-25H,4-14,17,23,26-27H2,1-3H3/p+1. The number of carbonyl (C=O) groups excluding carboxylic acids is 1. The van der Waals surface area contributed by atoms with E-state index in [0.717, 1.165) is 17.7 Å². The van der Waals surface area contributed by atoms with Crippen LogP contribution in [0.1, 0.15) is 94.5 Å². The summed E-state index contributed by atoms with van der Waals surface area (Å²) < 4.78 is 19.4. The number of unbranched alkanes of at least 4 members (excludes halogenated alkanes) is 11. The Morgan fingerprint density at radius 1 is 0.854 bits per heavy atom. The molecule has 3 rings (SSSR count). The van der Waals surface area contributed by atoms with Gasteiger partial charge >= 0.3 is 0 Å². The van der Waals surface area contributed by atoms with Crippen LogP contribution in [-0.2, 0) is 11.3 Å². The molecule has 0 radical (unpaired) electrons. The van der Waals surface area contributed by atoms with Crippen molar-refractivity contribution in [1.29, 1.82) is 0 Å². The molecular formula is C34H49N2O4S+. The van der Waals surface area contributed by atoms with Gasteiger partial charge in [0.15, 0.2) is 30.8 Å². The van der Waals surface area contributed by atoms with Crippen LogP contribution in [-0.4, -0.2) is 26.2 Å². The molecule has 1 aromatic heterocycles. The summed E-state index contributed by atoms with van der Waals surface area (Å²) in [5.74, 6) is 1.65. The Morgan fingerprint density at radius 2 is 1.54 bits per heavy atom. The Labute approximate surface area is 251 Å². The number of hydrogen-bond acceptors (Lipinski definition) is 5. The number of anilines is 1. The molecule has 0 unspecified atom stereocenters. The molecule has 0 aliphatic heterocycles. The number of hydrogen-bond donors (Lipinski definition) is 1. The second kappa shape index (κ2) is 19.1. The highest BCUT2D eigenvalue weighted by atomic mass is 32.1. The second-order valence-electron chi connectivity index (χ2n) is 10.6. The van der Waals surface area contributed by atoms with Crippen molar-refractivity contribution < 1.29 is 23.6 Å². The van der Waals surface area contributed by atoms with Crippen molar-refractivity contribution in [2.24, 2.45) is 0 Å². The predicted molar refractivity (Wildman–Crippen MR) is 168 cm³/mol. The maximum atomic E-state index is 12.7. The number of amides is 1. The first-order valence-corrected chi connectivity index (χ1v) is 16.2. The van der Waals surface area contributed by atoms with Gasteiger partial charge in [-0.15, -0.1) is 0 Å². The van der Waals surface area contributed by atoms with E-state index in [2.05, 4.69) is 35.3 Å². The molecule has 7 heteroatoms. The Hall–Kier alpha value is -3.06. The number of rotatable bonds is 21. The van der Waals surface area contributed by atoms with Gasteiger partial charge in [-0.1, -0.05) is 107 Å². The fourth-order valence-corrected chi connectivity index (χ4v) is 5.49. The predicted octanol–water partition coefficient (Wildman–Crippen LogP) is 8.50. The highest BCUT2D eigenvalue weighted by molar-refractivity contribution is 7.09. The Kier molecular flexibility index (Phi) is 15.1. The number of benzene rings is 2. The zero-order valence-corrected chi connectivity index (χ0v) is 26.1. The van der Waals surface area contributed by atoms with Crippen molar-refractivity contribution in [3.63, 3.8) is 0 Å². The molecule has 2 aromatic carbocycles. The summed E-state index contributed by atoms with van der Waals surface area (Å²) >= 11 is 1.70. The number of ether oxygens (including phenoxy) is 3. The minimum absolute atomic E-state index is 0.0961. The summed E-state index contributed by atoms with van der Waals surface area (Å²) in [6, 6.07) is 13.3. The fraction of sp³-hybridized carbons (Fsp3) is 0.529. The molecule has 0 bridgehead atoms. The van der Waals surface area contributed by atoms with Crippen molar-refractivity contribution in [1.82, 2.24) is 0 Å². The average molecular weight is 582 g/mol. The molecule has 3 aromatic rings. The summed E-state index contributed by atoms with van der Waals surface area (Å²) in [4.78, 5) is 12.7. The van der Waals surface area contributed by atoms with Crippen molar-refractivity contribution in [3.8, 4) is 17.2 Å². The molecule has 0 atom stereocenters. The molecule has 0 fully saturated rings. The SMILES string of the molecule is CCCCCCCCCCCCCCOc1ccc(OCC(=O)Nc2ccccc2C[n+]2ccsc2C)cc1OC. The molecule has 1 N–H and O–H groups in total. The quantitative estimate of drug-likeness (QED) is 0.101. The number of nitrogens with zero attached hydrogens (tertiary/aromatic N) is 1. The smallest absolute Gasteiger partial charge is 0.262 e. The van der Waals surface area contributed by atoms with E-state index in [1.54, 1.807) is 24.5 Å². The highest BCUT2D eigenvalue weighted by Crippen LogP contribution is 2.31. The normalized spacial score (nSPS) is 10.9. The number of aryl methyl sites for hydroxylation is 1. The van der Waals surface area contributed by atoms with E-state index >= 15 is 0 Å². The molecule has 1 heterocycles. The summed E-state index contributed by atoms with van der Waals surface area (Å²) in [5, 5.41) is 6.27. The van der Waals surface area contributed by atoms with Crippen LogP contribution >= 0.6 is 11.3 Å². The summed E-state index contributed by atoms with van der Waals surface area (Å²) in [6.07, 6.45) is 17.9. The van der Waals surface area contributed by atoms with Crippen molar-refractivity contribution in [3.05, 3.63) is 64.6 Å². The first kappa shape index (κ1) is 32.5. The maximum Gasteiger partial charge on any atom is 0.262 e. The third-order valence-electron chi connectivity index (χ3n) is 7.28. The number of carbonyl (C=O) groups is 1. The number of para-hydroxylation sites is 1. The molecule has 0 saturated heterocycles. The molecule has 0 spiro atoms. The van der Waals surface area contributed by atoms with E-state index in [0.29, 0.717) is 30.4 Å². The third kappa shape index (κ3) is 12.1. The van der Waals surface area contributed by atoms with Crippen LogP contribution in [0.25, 0.3) is 0 Å². The van der Waals surface area contributed by atoms with Crippen molar-refractivity contribution >= 4 is 22.9 Å². The lowest BCUT2D eigenvalue weighted by Gasteiger charge is -2.13. The van der Waals surface area contributed by atoms with Crippen LogP contribution in [0.4, 0.5) is 5.69 Å². The summed E-state index contributed by atoms with van der Waals surface area (Å²) in [7, 11) is 1.62. The van der Waals surface area contributed by atoms with Crippen molar-refractivity contribution in [2.75, 3.05) is 25.6 Å². The van der Waals surface area contributed by atoms with Gasteiger partial charge in [0.1, 0.15) is 5.75 Å². The number of methoxy groups -OCH3 is 1. The van der Waals surface area contributed by atoms with Crippen LogP contribution in [0.5, 0.6) is 17.2 Å². The maximum absolute atomic E-state index is 12.7. The lowest BCUT2D eigenvalue weighted by atomic mass is 10.1. The van der Waals surface area contributed by atoms with Gasteiger partial charge in [0.2, 0.25) is 5.01 Å². The number of nitrogens with one attached hydrogen (secondary N) is 1. The van der Waals surface area contributed by atoms with E-state index in [4.69, 9.17) is 14.2 Å². The number of thiazole rings is 1. The fourth-order valence-electron chi connectivity index (χ4n) is 4.82. The second-order valence-corrected chi connectivity index (χ2v) is 11.7. The largest absolute Gasteiger partial charge is 0.493 e. The van der Waals surface area contributed by atoms with E-state index in [1.807, 2.05) is 36.4 Å². The molecular weight excluding hydrogens is 532 g/mol. The molecule has 6 nitrogen and oxygen atoms in total. The van der Waals surface area contributed by atoms with Gasteiger partial charge in [-0.25, -0.2) is 0 Å². The van der Waals surface area contributed by atoms with Gasteiger partial charge in [-0.05, 0) is 24.6 Å². The first-order chi connectivity index (χ1) is 20.1. The van der Waals surface area contributed by atoms with E-state index in [9.17, 15) is 4.79 Å². The zero-order chi connectivity index (χ0) is 29.1. The lowest BCUT2D eigenvalue weighted by molar-refractivity contribution is -0.689. The van der Waals surface area contributed by atoms with E-state index in [-0.39, 0.29) is 12.5 Å². The number of aromatic nitrogens is 1. The van der Waals surface area contributed by atoms with Crippen LogP contribution < -0.4 is 24.1 Å². The van der Waals surface area contributed by atoms with Crippen molar-refractivity contribution in [2.45, 2.75) is 97.4 Å². The van der Waals surface area contributed by atoms with Crippen LogP contribution in [0.3, 0.4) is 0 Å².